The molecule has 2 atom stereocenters. The number of rotatable bonds is 2. The van der Waals surface area contributed by atoms with Crippen molar-refractivity contribution in [1.29, 1.82) is 0 Å². The van der Waals surface area contributed by atoms with Crippen molar-refractivity contribution in [2.75, 3.05) is 0 Å². The number of aryl methyl sites for hydroxylation is 1. The van der Waals surface area contributed by atoms with Gasteiger partial charge >= 0.3 is 0 Å². The molecule has 1 saturated carbocycles. The second-order valence-corrected chi connectivity index (χ2v) is 5.14. The Morgan fingerprint density at radius 3 is 2.67 bits per heavy atom. The van der Waals surface area contributed by atoms with Crippen LogP contribution in [0.25, 0.3) is 0 Å². The van der Waals surface area contributed by atoms with E-state index in [1.54, 1.807) is 0 Å². The summed E-state index contributed by atoms with van der Waals surface area (Å²) in [6.07, 6.45) is 5.59. The molecule has 1 aromatic rings. The fraction of sp³-hybridized carbons (Fsp3) is 0.562. The number of aliphatic hydroxyl groups is 1. The maximum absolute atomic E-state index is 10.9. The molecule has 1 N–H and O–H groups in total. The van der Waals surface area contributed by atoms with E-state index in [1.807, 2.05) is 0 Å². The predicted octanol–water partition coefficient (Wildman–Crippen LogP) is 4.23. The average molecular weight is 322 g/mol. The maximum atomic E-state index is 10.9. The van der Waals surface area contributed by atoms with Gasteiger partial charge in [-0.2, -0.15) is 0 Å². The van der Waals surface area contributed by atoms with Crippen LogP contribution in [0.15, 0.2) is 24.3 Å². The third kappa shape index (κ3) is 3.65. The summed E-state index contributed by atoms with van der Waals surface area (Å²) >= 11 is 0. The molecule has 0 saturated heterocycles. The number of benzene rings is 1. The first-order valence-corrected chi connectivity index (χ1v) is 6.46. The molecular weight excluding hydrogens is 297 g/mol. The van der Waals surface area contributed by atoms with Crippen LogP contribution in [0.5, 0.6) is 0 Å². The SMILES string of the molecule is CCC1CCCCC1(O)c1cccc(C)c1.[CH3-].[Y]. The van der Waals surface area contributed by atoms with Crippen LogP contribution in [-0.2, 0) is 38.3 Å². The van der Waals surface area contributed by atoms with Crippen LogP contribution in [-0.4, -0.2) is 5.11 Å². The van der Waals surface area contributed by atoms with E-state index >= 15 is 0 Å². The Balaban J connectivity index is 0.00000144. The predicted molar refractivity (Wildman–Crippen MR) is 73.7 cm³/mol. The van der Waals surface area contributed by atoms with Crippen molar-refractivity contribution in [3.63, 3.8) is 0 Å². The van der Waals surface area contributed by atoms with Crippen molar-refractivity contribution in [2.24, 2.45) is 5.92 Å². The summed E-state index contributed by atoms with van der Waals surface area (Å²) in [6, 6.07) is 8.38. The van der Waals surface area contributed by atoms with Gasteiger partial charge < -0.3 is 12.5 Å². The molecule has 99 valence electrons. The van der Waals surface area contributed by atoms with Crippen molar-refractivity contribution in [2.45, 2.75) is 51.6 Å². The van der Waals surface area contributed by atoms with Gasteiger partial charge in [0, 0.05) is 32.7 Å². The second-order valence-electron chi connectivity index (χ2n) is 5.14. The van der Waals surface area contributed by atoms with E-state index in [0.29, 0.717) is 5.92 Å². The third-order valence-corrected chi connectivity index (χ3v) is 4.05. The largest absolute Gasteiger partial charge is 0.385 e. The molecule has 2 unspecified atom stereocenters. The van der Waals surface area contributed by atoms with E-state index in [2.05, 4.69) is 38.1 Å². The van der Waals surface area contributed by atoms with Crippen molar-refractivity contribution < 1.29 is 37.8 Å². The molecule has 0 spiro atoms. The fourth-order valence-electron chi connectivity index (χ4n) is 3.06. The van der Waals surface area contributed by atoms with Crippen LogP contribution < -0.4 is 0 Å². The van der Waals surface area contributed by atoms with Crippen molar-refractivity contribution in [3.8, 4) is 0 Å². The molecule has 1 nitrogen and oxygen atoms in total. The first-order valence-electron chi connectivity index (χ1n) is 6.46. The summed E-state index contributed by atoms with van der Waals surface area (Å²) in [4.78, 5) is 0. The summed E-state index contributed by atoms with van der Waals surface area (Å²) in [5.74, 6) is 0.433. The molecule has 2 rings (SSSR count). The van der Waals surface area contributed by atoms with Gasteiger partial charge in [0.15, 0.2) is 0 Å². The van der Waals surface area contributed by atoms with Crippen LogP contribution in [0.4, 0.5) is 0 Å². The molecule has 1 radical (unpaired) electrons. The van der Waals surface area contributed by atoms with E-state index in [0.717, 1.165) is 24.8 Å². The molecular formula is C16H25OY-. The quantitative estimate of drug-likeness (QED) is 0.808. The second kappa shape index (κ2) is 7.77. The summed E-state index contributed by atoms with van der Waals surface area (Å²) in [6.45, 7) is 4.29. The van der Waals surface area contributed by atoms with Crippen LogP contribution in [0.1, 0.15) is 50.2 Å². The first kappa shape index (κ1) is 18.3. The Hall–Kier alpha value is 0.284. The summed E-state index contributed by atoms with van der Waals surface area (Å²) in [5.41, 5.74) is 1.80. The van der Waals surface area contributed by atoms with E-state index in [4.69, 9.17) is 0 Å². The summed E-state index contributed by atoms with van der Waals surface area (Å²) < 4.78 is 0. The molecule has 1 aliphatic carbocycles. The van der Waals surface area contributed by atoms with Gasteiger partial charge in [0.2, 0.25) is 0 Å². The molecule has 2 heteroatoms. The number of hydrogen-bond acceptors (Lipinski definition) is 1. The molecule has 18 heavy (non-hydrogen) atoms. The van der Waals surface area contributed by atoms with Gasteiger partial charge in [0.25, 0.3) is 0 Å². The smallest absolute Gasteiger partial charge is 0.0924 e. The molecule has 1 fully saturated rings. The Kier molecular flexibility index (Phi) is 7.89. The van der Waals surface area contributed by atoms with Gasteiger partial charge in [-0.3, -0.25) is 0 Å². The van der Waals surface area contributed by atoms with E-state index < -0.39 is 5.60 Å². The van der Waals surface area contributed by atoms with Gasteiger partial charge in [-0.15, -0.1) is 0 Å². The Bertz CT molecular complexity index is 364. The molecule has 0 bridgehead atoms. The molecule has 0 aromatic heterocycles. The molecule has 1 aliphatic rings. The summed E-state index contributed by atoms with van der Waals surface area (Å²) in [7, 11) is 0. The fourth-order valence-corrected chi connectivity index (χ4v) is 3.06. The topological polar surface area (TPSA) is 20.2 Å². The Labute approximate surface area is 137 Å². The minimum atomic E-state index is -0.570. The zero-order valence-electron chi connectivity index (χ0n) is 11.9. The van der Waals surface area contributed by atoms with Gasteiger partial charge in [-0.1, -0.05) is 56.0 Å². The van der Waals surface area contributed by atoms with Gasteiger partial charge in [0.05, 0.1) is 5.60 Å². The molecule has 1 aromatic carbocycles. The normalized spacial score (nSPS) is 26.9. The maximum Gasteiger partial charge on any atom is 0.0924 e. The summed E-state index contributed by atoms with van der Waals surface area (Å²) in [5, 5.41) is 10.9. The third-order valence-electron chi connectivity index (χ3n) is 4.05. The van der Waals surface area contributed by atoms with Gasteiger partial charge in [-0.05, 0) is 31.2 Å². The minimum Gasteiger partial charge on any atom is -0.385 e. The average Bonchev–Trinajstić information content (AvgIpc) is 2.30. The standard InChI is InChI=1S/C15H22O.CH3.Y/c1-3-13-8-4-5-10-15(13,16)14-9-6-7-12(2)11-14;;/h6-7,9,11,13,16H,3-5,8,10H2,1-2H3;1H3;/q;-1;. The van der Waals surface area contributed by atoms with Crippen LogP contribution >= 0.6 is 0 Å². The van der Waals surface area contributed by atoms with Crippen LogP contribution in [0.3, 0.4) is 0 Å². The van der Waals surface area contributed by atoms with Gasteiger partial charge in [-0.25, -0.2) is 0 Å². The van der Waals surface area contributed by atoms with Crippen molar-refractivity contribution in [3.05, 3.63) is 42.8 Å². The monoisotopic (exact) mass is 322 g/mol. The molecule has 0 heterocycles. The Morgan fingerprint density at radius 1 is 1.33 bits per heavy atom. The zero-order valence-corrected chi connectivity index (χ0v) is 14.8. The molecule has 0 aliphatic heterocycles. The minimum absolute atomic E-state index is 0. The molecule has 0 amide bonds. The van der Waals surface area contributed by atoms with Gasteiger partial charge in [0.1, 0.15) is 0 Å². The van der Waals surface area contributed by atoms with Crippen LogP contribution in [0, 0.1) is 20.3 Å². The first-order chi connectivity index (χ1) is 7.66. The van der Waals surface area contributed by atoms with E-state index in [9.17, 15) is 5.11 Å². The van der Waals surface area contributed by atoms with Crippen molar-refractivity contribution in [1.82, 2.24) is 0 Å². The van der Waals surface area contributed by atoms with Crippen molar-refractivity contribution >= 4 is 0 Å². The Morgan fingerprint density at radius 2 is 2.06 bits per heavy atom. The number of hydrogen-bond donors (Lipinski definition) is 1. The van der Waals surface area contributed by atoms with E-state index in [-0.39, 0.29) is 40.1 Å². The van der Waals surface area contributed by atoms with E-state index in [1.165, 1.54) is 18.4 Å². The zero-order chi connectivity index (χ0) is 11.6. The van der Waals surface area contributed by atoms with Crippen LogP contribution in [0.2, 0.25) is 0 Å².